The predicted octanol–water partition coefficient (Wildman–Crippen LogP) is 3.79. The molecule has 2 heteroatoms. The van der Waals surface area contributed by atoms with Crippen LogP contribution in [0.25, 0.3) is 0 Å². The molecule has 0 N–H and O–H groups in total. The van der Waals surface area contributed by atoms with E-state index < -0.39 is 0 Å². The molecule has 0 bridgehead atoms. The summed E-state index contributed by atoms with van der Waals surface area (Å²) in [5.41, 5.74) is 0.215. The summed E-state index contributed by atoms with van der Waals surface area (Å²) in [6, 6.07) is 0. The summed E-state index contributed by atoms with van der Waals surface area (Å²) in [4.78, 5) is 0. The van der Waals surface area contributed by atoms with Crippen LogP contribution in [0.3, 0.4) is 0 Å². The molecule has 2 aliphatic heterocycles. The fourth-order valence-electron chi connectivity index (χ4n) is 2.54. The zero-order valence-corrected chi connectivity index (χ0v) is 11.4. The van der Waals surface area contributed by atoms with Crippen LogP contribution in [0, 0.1) is 5.41 Å². The molecule has 16 heavy (non-hydrogen) atoms. The van der Waals surface area contributed by atoms with Crippen LogP contribution in [-0.2, 0) is 9.47 Å². The van der Waals surface area contributed by atoms with E-state index in [1.54, 1.807) is 0 Å². The van der Waals surface area contributed by atoms with Crippen molar-refractivity contribution in [3.8, 4) is 0 Å². The topological polar surface area (TPSA) is 18.5 Å². The highest BCUT2D eigenvalue weighted by molar-refractivity contribution is 4.90. The Labute approximate surface area is 101 Å². The Kier molecular flexibility index (Phi) is 5.77. The first-order valence-corrected chi connectivity index (χ1v) is 6.86. The van der Waals surface area contributed by atoms with Crippen LogP contribution in [0.1, 0.15) is 59.8 Å². The number of ether oxygens (including phenoxy) is 2. The highest BCUT2D eigenvalue weighted by Gasteiger charge is 2.41. The van der Waals surface area contributed by atoms with Gasteiger partial charge in [0.15, 0.2) is 0 Å². The first-order chi connectivity index (χ1) is 7.62. The molecule has 2 fully saturated rings. The van der Waals surface area contributed by atoms with Crippen LogP contribution in [0.4, 0.5) is 0 Å². The molecule has 0 aromatic rings. The van der Waals surface area contributed by atoms with Crippen LogP contribution in [0.2, 0.25) is 0 Å². The van der Waals surface area contributed by atoms with E-state index in [1.807, 2.05) is 0 Å². The largest absolute Gasteiger partial charge is 0.378 e. The lowest BCUT2D eigenvalue weighted by Gasteiger charge is -2.35. The lowest BCUT2D eigenvalue weighted by molar-refractivity contribution is -0.0681. The zero-order chi connectivity index (χ0) is 12.0. The molecule has 0 aromatic carbocycles. The molecule has 0 aromatic heterocycles. The van der Waals surface area contributed by atoms with E-state index in [4.69, 9.17) is 9.47 Å². The van der Waals surface area contributed by atoms with Crippen molar-refractivity contribution in [1.29, 1.82) is 0 Å². The molecule has 2 unspecified atom stereocenters. The van der Waals surface area contributed by atoms with Gasteiger partial charge >= 0.3 is 0 Å². The van der Waals surface area contributed by atoms with Crippen molar-refractivity contribution in [2.24, 2.45) is 5.41 Å². The standard InChI is InChI=1S/C11H20O2.C3H8/c1-11(2,9-5-3-7-12-9)10-6-4-8-13-10;1-3-2/h9-10H,3-8H2,1-2H3;3H2,1-2H3. The fourth-order valence-corrected chi connectivity index (χ4v) is 2.54. The SMILES string of the molecule is CC(C)(C1CCCO1)C1CCCO1.CCC. The minimum absolute atomic E-state index is 0.215. The van der Waals surface area contributed by atoms with Gasteiger partial charge in [-0.1, -0.05) is 34.1 Å². The van der Waals surface area contributed by atoms with Crippen molar-refractivity contribution in [2.75, 3.05) is 13.2 Å². The first kappa shape index (κ1) is 14.0. The Morgan fingerprint density at radius 2 is 1.31 bits per heavy atom. The summed E-state index contributed by atoms with van der Waals surface area (Å²) in [6.07, 6.45) is 6.98. The summed E-state index contributed by atoms with van der Waals surface area (Å²) in [6.45, 7) is 10.7. The van der Waals surface area contributed by atoms with Crippen molar-refractivity contribution < 1.29 is 9.47 Å². The zero-order valence-electron chi connectivity index (χ0n) is 11.4. The van der Waals surface area contributed by atoms with Gasteiger partial charge in [0.1, 0.15) is 0 Å². The second kappa shape index (κ2) is 6.61. The third kappa shape index (κ3) is 3.46. The molecule has 0 spiro atoms. The van der Waals surface area contributed by atoms with Gasteiger partial charge < -0.3 is 9.47 Å². The van der Waals surface area contributed by atoms with E-state index in [2.05, 4.69) is 27.7 Å². The van der Waals surface area contributed by atoms with E-state index >= 15 is 0 Å². The second-order valence-electron chi connectivity index (χ2n) is 5.53. The van der Waals surface area contributed by atoms with E-state index in [0.29, 0.717) is 12.2 Å². The van der Waals surface area contributed by atoms with Crippen molar-refractivity contribution in [3.05, 3.63) is 0 Å². The Morgan fingerprint density at radius 3 is 1.56 bits per heavy atom. The average Bonchev–Trinajstić information content (AvgIpc) is 2.93. The Bertz CT molecular complexity index is 159. The minimum Gasteiger partial charge on any atom is -0.378 e. The second-order valence-corrected chi connectivity index (χ2v) is 5.53. The van der Waals surface area contributed by atoms with Gasteiger partial charge in [0, 0.05) is 18.6 Å². The molecule has 0 amide bonds. The third-order valence-electron chi connectivity index (χ3n) is 3.52. The molecule has 0 saturated carbocycles. The van der Waals surface area contributed by atoms with E-state index in [9.17, 15) is 0 Å². The van der Waals surface area contributed by atoms with Crippen molar-refractivity contribution in [1.82, 2.24) is 0 Å². The Morgan fingerprint density at radius 1 is 0.938 bits per heavy atom. The third-order valence-corrected chi connectivity index (χ3v) is 3.52. The average molecular weight is 228 g/mol. The van der Waals surface area contributed by atoms with Crippen molar-refractivity contribution >= 4 is 0 Å². The van der Waals surface area contributed by atoms with E-state index in [1.165, 1.54) is 32.1 Å². The van der Waals surface area contributed by atoms with E-state index in [-0.39, 0.29) is 5.41 Å². The van der Waals surface area contributed by atoms with Gasteiger partial charge in [0.2, 0.25) is 0 Å². The quantitative estimate of drug-likeness (QED) is 0.716. The van der Waals surface area contributed by atoms with Gasteiger partial charge in [-0.2, -0.15) is 0 Å². The fraction of sp³-hybridized carbons (Fsp3) is 1.00. The predicted molar refractivity (Wildman–Crippen MR) is 67.7 cm³/mol. The summed E-state index contributed by atoms with van der Waals surface area (Å²) in [7, 11) is 0. The number of hydrogen-bond acceptors (Lipinski definition) is 2. The van der Waals surface area contributed by atoms with Gasteiger partial charge in [-0.05, 0) is 25.7 Å². The molecule has 96 valence electrons. The van der Waals surface area contributed by atoms with Gasteiger partial charge in [0.05, 0.1) is 12.2 Å². The van der Waals surface area contributed by atoms with Crippen LogP contribution < -0.4 is 0 Å². The maximum Gasteiger partial charge on any atom is 0.0651 e. The number of hydrogen-bond donors (Lipinski definition) is 0. The van der Waals surface area contributed by atoms with E-state index in [0.717, 1.165) is 13.2 Å². The molecular formula is C14H28O2. The summed E-state index contributed by atoms with van der Waals surface area (Å²) in [5.74, 6) is 0. The highest BCUT2D eigenvalue weighted by atomic mass is 16.5. The van der Waals surface area contributed by atoms with Crippen molar-refractivity contribution in [2.45, 2.75) is 72.0 Å². The molecule has 2 rings (SSSR count). The molecule has 2 nitrogen and oxygen atoms in total. The van der Waals surface area contributed by atoms with Gasteiger partial charge in [-0.25, -0.2) is 0 Å². The summed E-state index contributed by atoms with van der Waals surface area (Å²) >= 11 is 0. The molecule has 2 heterocycles. The smallest absolute Gasteiger partial charge is 0.0651 e. The monoisotopic (exact) mass is 228 g/mol. The van der Waals surface area contributed by atoms with Gasteiger partial charge in [-0.15, -0.1) is 0 Å². The molecular weight excluding hydrogens is 200 g/mol. The molecule has 0 radical (unpaired) electrons. The van der Waals surface area contributed by atoms with Crippen LogP contribution in [0.15, 0.2) is 0 Å². The summed E-state index contributed by atoms with van der Waals surface area (Å²) in [5, 5.41) is 0. The Balaban J connectivity index is 0.000000386. The summed E-state index contributed by atoms with van der Waals surface area (Å²) < 4.78 is 11.5. The lowest BCUT2D eigenvalue weighted by Crippen LogP contribution is -2.39. The maximum atomic E-state index is 5.75. The van der Waals surface area contributed by atoms with Gasteiger partial charge in [0.25, 0.3) is 0 Å². The maximum absolute atomic E-state index is 5.75. The molecule has 2 saturated heterocycles. The normalized spacial score (nSPS) is 30.0. The van der Waals surface area contributed by atoms with Gasteiger partial charge in [-0.3, -0.25) is 0 Å². The molecule has 2 atom stereocenters. The first-order valence-electron chi connectivity index (χ1n) is 6.86. The minimum atomic E-state index is 0.215. The lowest BCUT2D eigenvalue weighted by atomic mass is 9.78. The highest BCUT2D eigenvalue weighted by Crippen LogP contribution is 2.39. The van der Waals surface area contributed by atoms with Crippen LogP contribution in [-0.4, -0.2) is 25.4 Å². The van der Waals surface area contributed by atoms with Crippen molar-refractivity contribution in [3.63, 3.8) is 0 Å². The molecule has 0 aliphatic carbocycles. The Hall–Kier alpha value is -0.0800. The van der Waals surface area contributed by atoms with Crippen LogP contribution in [0.5, 0.6) is 0 Å². The molecule has 2 aliphatic rings. The number of rotatable bonds is 2. The van der Waals surface area contributed by atoms with Crippen LogP contribution >= 0.6 is 0 Å².